The van der Waals surface area contributed by atoms with Gasteiger partial charge in [0.05, 0.1) is 0 Å². The van der Waals surface area contributed by atoms with Crippen LogP contribution < -0.4 is 0 Å². The Bertz CT molecular complexity index is 415. The molecule has 0 fully saturated rings. The number of rotatable bonds is 7. The van der Waals surface area contributed by atoms with Gasteiger partial charge in [-0.05, 0) is 44.5 Å². The standard InChI is InChI=1S/C14H19F2NO2/c1-10(2)17(5-3-4-14(18)19)9-11-6-12(15)8-13(16)7-11/h6-8,10H,3-5,9H2,1-2H3,(H,18,19). The Morgan fingerprint density at radius 1 is 1.26 bits per heavy atom. The minimum atomic E-state index is -0.833. The Balaban J connectivity index is 2.64. The molecule has 1 N–H and O–H groups in total. The molecule has 0 bridgehead atoms. The molecule has 0 atom stereocenters. The van der Waals surface area contributed by atoms with E-state index < -0.39 is 17.6 Å². The van der Waals surface area contributed by atoms with Crippen molar-refractivity contribution < 1.29 is 18.7 Å². The maximum absolute atomic E-state index is 13.1. The third-order valence-electron chi connectivity index (χ3n) is 2.87. The van der Waals surface area contributed by atoms with E-state index in [2.05, 4.69) is 0 Å². The lowest BCUT2D eigenvalue weighted by molar-refractivity contribution is -0.137. The van der Waals surface area contributed by atoms with Gasteiger partial charge in [-0.2, -0.15) is 0 Å². The molecule has 5 heteroatoms. The molecule has 0 radical (unpaired) electrons. The van der Waals surface area contributed by atoms with Gasteiger partial charge in [0, 0.05) is 25.1 Å². The average molecular weight is 271 g/mol. The van der Waals surface area contributed by atoms with Crippen LogP contribution in [0.15, 0.2) is 18.2 Å². The summed E-state index contributed by atoms with van der Waals surface area (Å²) >= 11 is 0. The number of aliphatic carboxylic acids is 1. The predicted molar refractivity (Wildman–Crippen MR) is 68.8 cm³/mol. The zero-order valence-corrected chi connectivity index (χ0v) is 11.2. The van der Waals surface area contributed by atoms with Crippen LogP contribution in [0.4, 0.5) is 8.78 Å². The van der Waals surface area contributed by atoms with Gasteiger partial charge in [-0.15, -0.1) is 0 Å². The number of carboxylic acids is 1. The van der Waals surface area contributed by atoms with Gasteiger partial charge in [0.25, 0.3) is 0 Å². The summed E-state index contributed by atoms with van der Waals surface area (Å²) in [5.74, 6) is -2.02. The van der Waals surface area contributed by atoms with E-state index in [1.807, 2.05) is 18.7 Å². The average Bonchev–Trinajstić information content (AvgIpc) is 2.25. The van der Waals surface area contributed by atoms with E-state index in [0.717, 1.165) is 6.07 Å². The minimum absolute atomic E-state index is 0.0979. The lowest BCUT2D eigenvalue weighted by Crippen LogP contribution is -2.31. The highest BCUT2D eigenvalue weighted by atomic mass is 19.1. The van der Waals surface area contributed by atoms with Crippen molar-refractivity contribution in [2.75, 3.05) is 6.54 Å². The Kier molecular flexibility index (Phi) is 5.89. The first-order chi connectivity index (χ1) is 8.88. The number of hydrogen-bond donors (Lipinski definition) is 1. The highest BCUT2D eigenvalue weighted by molar-refractivity contribution is 5.66. The molecule has 1 rings (SSSR count). The van der Waals surface area contributed by atoms with Crippen molar-refractivity contribution in [3.05, 3.63) is 35.4 Å². The van der Waals surface area contributed by atoms with E-state index in [-0.39, 0.29) is 12.5 Å². The maximum atomic E-state index is 13.1. The van der Waals surface area contributed by atoms with E-state index in [4.69, 9.17) is 5.11 Å². The molecule has 0 aliphatic heterocycles. The normalized spacial score (nSPS) is 11.3. The third kappa shape index (κ3) is 5.79. The third-order valence-corrected chi connectivity index (χ3v) is 2.87. The first-order valence-electron chi connectivity index (χ1n) is 6.29. The summed E-state index contributed by atoms with van der Waals surface area (Å²) in [5.41, 5.74) is 0.557. The van der Waals surface area contributed by atoms with Crippen LogP contribution in [0.2, 0.25) is 0 Å². The molecular weight excluding hydrogens is 252 g/mol. The molecule has 0 heterocycles. The zero-order valence-electron chi connectivity index (χ0n) is 11.2. The fraction of sp³-hybridized carbons (Fsp3) is 0.500. The number of nitrogens with zero attached hydrogens (tertiary/aromatic N) is 1. The molecule has 0 saturated carbocycles. The summed E-state index contributed by atoms with van der Waals surface area (Å²) in [6.45, 7) is 4.93. The van der Waals surface area contributed by atoms with Gasteiger partial charge in [0.2, 0.25) is 0 Å². The summed E-state index contributed by atoms with van der Waals surface area (Å²) in [7, 11) is 0. The van der Waals surface area contributed by atoms with E-state index in [1.54, 1.807) is 0 Å². The summed E-state index contributed by atoms with van der Waals surface area (Å²) in [6.07, 6.45) is 0.617. The van der Waals surface area contributed by atoms with Crippen LogP contribution >= 0.6 is 0 Å². The Hall–Kier alpha value is -1.49. The second kappa shape index (κ2) is 7.19. The van der Waals surface area contributed by atoms with Crippen molar-refractivity contribution in [2.45, 2.75) is 39.3 Å². The van der Waals surface area contributed by atoms with Gasteiger partial charge in [-0.25, -0.2) is 8.78 Å². The number of carboxylic acid groups (broad SMARTS) is 1. The first-order valence-corrected chi connectivity index (χ1v) is 6.29. The number of halogens is 2. The van der Waals surface area contributed by atoms with Gasteiger partial charge < -0.3 is 5.11 Å². The molecule has 0 spiro atoms. The minimum Gasteiger partial charge on any atom is -0.481 e. The number of hydrogen-bond acceptors (Lipinski definition) is 2. The summed E-state index contributed by atoms with van der Waals surface area (Å²) in [4.78, 5) is 12.5. The number of carbonyl (C=O) groups is 1. The molecule has 0 aliphatic rings. The van der Waals surface area contributed by atoms with Crippen molar-refractivity contribution in [1.29, 1.82) is 0 Å². The first kappa shape index (κ1) is 15.6. The Morgan fingerprint density at radius 3 is 2.32 bits per heavy atom. The second-order valence-electron chi connectivity index (χ2n) is 4.84. The van der Waals surface area contributed by atoms with Crippen LogP contribution in [-0.4, -0.2) is 28.6 Å². The molecule has 3 nitrogen and oxygen atoms in total. The van der Waals surface area contributed by atoms with Crippen LogP contribution in [0.25, 0.3) is 0 Å². The van der Waals surface area contributed by atoms with Crippen molar-refractivity contribution >= 4 is 5.97 Å². The van der Waals surface area contributed by atoms with Crippen molar-refractivity contribution in [3.63, 3.8) is 0 Å². The smallest absolute Gasteiger partial charge is 0.303 e. The summed E-state index contributed by atoms with van der Waals surface area (Å²) < 4.78 is 26.2. The van der Waals surface area contributed by atoms with E-state index in [0.29, 0.717) is 25.1 Å². The molecule has 0 aliphatic carbocycles. The fourth-order valence-corrected chi connectivity index (χ4v) is 1.89. The molecular formula is C14H19F2NO2. The highest BCUT2D eigenvalue weighted by Crippen LogP contribution is 2.13. The molecule has 0 amide bonds. The molecule has 106 valence electrons. The van der Waals surface area contributed by atoms with Crippen LogP contribution in [0.1, 0.15) is 32.3 Å². The van der Waals surface area contributed by atoms with E-state index in [9.17, 15) is 13.6 Å². The topological polar surface area (TPSA) is 40.5 Å². The SMILES string of the molecule is CC(C)N(CCCC(=O)O)Cc1cc(F)cc(F)c1. The summed E-state index contributed by atoms with van der Waals surface area (Å²) in [5, 5.41) is 8.61. The van der Waals surface area contributed by atoms with Crippen LogP contribution in [0.3, 0.4) is 0 Å². The summed E-state index contributed by atoms with van der Waals surface area (Å²) in [6, 6.07) is 3.62. The van der Waals surface area contributed by atoms with Crippen molar-refractivity contribution in [2.24, 2.45) is 0 Å². The van der Waals surface area contributed by atoms with E-state index in [1.165, 1.54) is 12.1 Å². The quantitative estimate of drug-likeness (QED) is 0.828. The van der Waals surface area contributed by atoms with Gasteiger partial charge in [-0.3, -0.25) is 9.69 Å². The lowest BCUT2D eigenvalue weighted by Gasteiger charge is -2.26. The Labute approximate surface area is 111 Å². The molecule has 1 aromatic rings. The van der Waals surface area contributed by atoms with Gasteiger partial charge >= 0.3 is 5.97 Å². The second-order valence-corrected chi connectivity index (χ2v) is 4.84. The van der Waals surface area contributed by atoms with Crippen LogP contribution in [0, 0.1) is 11.6 Å². The highest BCUT2D eigenvalue weighted by Gasteiger charge is 2.12. The lowest BCUT2D eigenvalue weighted by atomic mass is 10.1. The Morgan fingerprint density at radius 2 is 1.84 bits per heavy atom. The maximum Gasteiger partial charge on any atom is 0.303 e. The molecule has 0 unspecified atom stereocenters. The predicted octanol–water partition coefficient (Wildman–Crippen LogP) is 3.04. The fourth-order valence-electron chi connectivity index (χ4n) is 1.89. The molecule has 0 aromatic heterocycles. The largest absolute Gasteiger partial charge is 0.481 e. The van der Waals surface area contributed by atoms with Gasteiger partial charge in [-0.1, -0.05) is 0 Å². The van der Waals surface area contributed by atoms with Gasteiger partial charge in [0.1, 0.15) is 11.6 Å². The van der Waals surface area contributed by atoms with E-state index >= 15 is 0 Å². The van der Waals surface area contributed by atoms with Gasteiger partial charge in [0.15, 0.2) is 0 Å². The molecule has 1 aromatic carbocycles. The molecule has 0 saturated heterocycles. The van der Waals surface area contributed by atoms with Crippen molar-refractivity contribution in [3.8, 4) is 0 Å². The molecule has 19 heavy (non-hydrogen) atoms. The van der Waals surface area contributed by atoms with Crippen LogP contribution in [0.5, 0.6) is 0 Å². The number of benzene rings is 1. The van der Waals surface area contributed by atoms with Crippen molar-refractivity contribution in [1.82, 2.24) is 4.90 Å². The zero-order chi connectivity index (χ0) is 14.4. The monoisotopic (exact) mass is 271 g/mol. The van der Waals surface area contributed by atoms with Crippen LogP contribution in [-0.2, 0) is 11.3 Å².